The minimum absolute atomic E-state index is 0.0169. The number of nitrogens with zero attached hydrogens (tertiary/aromatic N) is 3. The minimum atomic E-state index is -0.552. The van der Waals surface area contributed by atoms with Crippen molar-refractivity contribution in [3.63, 3.8) is 0 Å². The quantitative estimate of drug-likeness (QED) is 0.603. The average molecular weight is 428 g/mol. The third-order valence-corrected chi connectivity index (χ3v) is 6.21. The molecule has 0 spiro atoms. The van der Waals surface area contributed by atoms with Crippen molar-refractivity contribution in [2.75, 3.05) is 18.2 Å². The fraction of sp³-hybridized carbons (Fsp3) is 0.231. The largest absolute Gasteiger partial charge is 0.502 e. The lowest BCUT2D eigenvalue weighted by Crippen LogP contribution is -2.55. The van der Waals surface area contributed by atoms with Gasteiger partial charge in [0, 0.05) is 18.8 Å². The average Bonchev–Trinajstić information content (AvgIpc) is 2.81. The summed E-state index contributed by atoms with van der Waals surface area (Å²) < 4.78 is 1.66. The van der Waals surface area contributed by atoms with E-state index in [1.165, 1.54) is 11.6 Å². The van der Waals surface area contributed by atoms with Crippen LogP contribution in [-0.4, -0.2) is 33.8 Å². The van der Waals surface area contributed by atoms with Crippen LogP contribution in [0, 0.1) is 0 Å². The number of hydrogen-bond acceptors (Lipinski definition) is 4. The summed E-state index contributed by atoms with van der Waals surface area (Å²) in [6.07, 6.45) is 8.42. The molecule has 1 amide bonds. The van der Waals surface area contributed by atoms with E-state index < -0.39 is 11.2 Å². The van der Waals surface area contributed by atoms with E-state index in [2.05, 4.69) is 47.5 Å². The number of benzene rings is 2. The summed E-state index contributed by atoms with van der Waals surface area (Å²) in [6, 6.07) is 19.6. The Balaban J connectivity index is 1.78. The van der Waals surface area contributed by atoms with E-state index in [0.29, 0.717) is 13.2 Å². The lowest BCUT2D eigenvalue weighted by atomic mass is 9.91. The summed E-state index contributed by atoms with van der Waals surface area (Å²) in [7, 11) is 0. The van der Waals surface area contributed by atoms with Crippen LogP contribution in [0.4, 0.5) is 0 Å². The highest BCUT2D eigenvalue weighted by atomic mass is 16.3. The fourth-order valence-corrected chi connectivity index (χ4v) is 4.65. The number of aromatic nitrogens is 1. The van der Waals surface area contributed by atoms with Crippen LogP contribution >= 0.6 is 0 Å². The van der Waals surface area contributed by atoms with Crippen LogP contribution in [0.1, 0.15) is 46.1 Å². The Hall–Kier alpha value is -3.80. The lowest BCUT2D eigenvalue weighted by molar-refractivity contribution is 0.0683. The Kier molecular flexibility index (Phi) is 5.27. The number of carbonyl (C=O) groups is 1. The zero-order valence-electron chi connectivity index (χ0n) is 17.7. The topological polar surface area (TPSA) is 65.8 Å². The van der Waals surface area contributed by atoms with Gasteiger partial charge in [-0.2, -0.15) is 0 Å². The molecule has 5 rings (SSSR count). The van der Waals surface area contributed by atoms with Crippen molar-refractivity contribution in [3.8, 4) is 5.75 Å². The Morgan fingerprint density at radius 3 is 2.47 bits per heavy atom. The maximum Gasteiger partial charge on any atom is 0.277 e. The Morgan fingerprint density at radius 2 is 1.62 bits per heavy atom. The van der Waals surface area contributed by atoms with E-state index in [1.807, 2.05) is 24.3 Å². The Bertz CT molecular complexity index is 1230. The van der Waals surface area contributed by atoms with Crippen LogP contribution in [0.2, 0.25) is 0 Å². The van der Waals surface area contributed by atoms with Gasteiger partial charge in [-0.05, 0) is 36.0 Å². The predicted octanol–water partition coefficient (Wildman–Crippen LogP) is 3.59. The van der Waals surface area contributed by atoms with Gasteiger partial charge in [0.2, 0.25) is 5.43 Å². The number of aryl methyl sites for hydroxylation is 1. The molecule has 2 aliphatic heterocycles. The molecule has 3 aromatic rings. The lowest BCUT2D eigenvalue weighted by Gasteiger charge is -2.44. The van der Waals surface area contributed by atoms with Crippen LogP contribution < -0.4 is 10.4 Å². The van der Waals surface area contributed by atoms with Crippen molar-refractivity contribution in [3.05, 3.63) is 112 Å². The second-order valence-corrected chi connectivity index (χ2v) is 8.18. The fourth-order valence-electron chi connectivity index (χ4n) is 4.65. The van der Waals surface area contributed by atoms with E-state index >= 15 is 0 Å². The zero-order chi connectivity index (χ0) is 22.1. The molecule has 1 unspecified atom stereocenters. The second-order valence-electron chi connectivity index (χ2n) is 8.18. The normalized spacial score (nSPS) is 19.4. The molecule has 0 radical (unpaired) electrons. The van der Waals surface area contributed by atoms with Gasteiger partial charge in [0.05, 0.1) is 6.04 Å². The van der Waals surface area contributed by atoms with Gasteiger partial charge in [-0.3, -0.25) is 19.3 Å². The van der Waals surface area contributed by atoms with Crippen molar-refractivity contribution in [2.24, 2.45) is 0 Å². The Labute approximate surface area is 186 Å². The number of fused-ring (bicyclic) bond motifs is 5. The molecule has 1 N–H and O–H groups in total. The number of aromatic hydroxyl groups is 1. The predicted molar refractivity (Wildman–Crippen MR) is 123 cm³/mol. The number of carbonyl (C=O) groups excluding carboxylic acids is 1. The summed E-state index contributed by atoms with van der Waals surface area (Å²) >= 11 is 0. The first-order valence-corrected chi connectivity index (χ1v) is 10.9. The molecule has 0 saturated carbocycles. The first-order chi connectivity index (χ1) is 15.6. The summed E-state index contributed by atoms with van der Waals surface area (Å²) in [6.45, 7) is 0.855. The summed E-state index contributed by atoms with van der Waals surface area (Å²) in [5, 5.41) is 12.7. The SMILES string of the molecule is O=C1c2c(O)c(=O)ccn2N2CN1CC/C=C/CCc1ccccc1C2c1ccccc1. The van der Waals surface area contributed by atoms with Gasteiger partial charge in [0.15, 0.2) is 11.4 Å². The van der Waals surface area contributed by atoms with Crippen LogP contribution in [0.5, 0.6) is 5.75 Å². The maximum absolute atomic E-state index is 13.3. The van der Waals surface area contributed by atoms with Gasteiger partial charge in [-0.15, -0.1) is 0 Å². The van der Waals surface area contributed by atoms with Crippen molar-refractivity contribution in [1.82, 2.24) is 9.58 Å². The van der Waals surface area contributed by atoms with Gasteiger partial charge >= 0.3 is 0 Å². The van der Waals surface area contributed by atoms with E-state index in [-0.39, 0.29) is 17.6 Å². The highest BCUT2D eigenvalue weighted by Gasteiger charge is 2.36. The second kappa shape index (κ2) is 8.38. The number of hydrogen-bond donors (Lipinski definition) is 1. The molecule has 0 aliphatic carbocycles. The number of amides is 1. The highest BCUT2D eigenvalue weighted by molar-refractivity contribution is 5.96. The molecule has 1 atom stereocenters. The van der Waals surface area contributed by atoms with Crippen LogP contribution in [-0.2, 0) is 6.42 Å². The monoisotopic (exact) mass is 427 g/mol. The smallest absolute Gasteiger partial charge is 0.277 e. The van der Waals surface area contributed by atoms with Gasteiger partial charge in [0.1, 0.15) is 6.67 Å². The molecular formula is C26H25N3O3. The van der Waals surface area contributed by atoms with Crippen LogP contribution in [0.3, 0.4) is 0 Å². The molecule has 1 aromatic heterocycles. The van der Waals surface area contributed by atoms with Crippen LogP contribution in [0.15, 0.2) is 83.8 Å². The molecule has 0 saturated heterocycles. The third kappa shape index (κ3) is 3.47. The molecule has 2 bridgehead atoms. The van der Waals surface area contributed by atoms with Gasteiger partial charge in [-0.25, -0.2) is 0 Å². The number of allylic oxidation sites excluding steroid dienone is 1. The molecule has 6 nitrogen and oxygen atoms in total. The molecule has 6 heteroatoms. The number of pyridine rings is 1. The van der Waals surface area contributed by atoms with Gasteiger partial charge < -0.3 is 10.0 Å². The van der Waals surface area contributed by atoms with Crippen molar-refractivity contribution in [2.45, 2.75) is 25.3 Å². The standard InChI is InChI=1S/C26H25N3O3/c30-22-15-17-28-24(25(22)31)26(32)27-16-9-2-1-4-10-19-11-7-8-14-21(19)23(29(28)18-27)20-12-5-3-6-13-20/h1-3,5-8,11-15,17,23,31H,4,9-10,16,18H2/b2-1+. The summed E-state index contributed by atoms with van der Waals surface area (Å²) in [5.41, 5.74) is 2.92. The highest BCUT2D eigenvalue weighted by Crippen LogP contribution is 2.34. The van der Waals surface area contributed by atoms with Crippen molar-refractivity contribution >= 4 is 5.91 Å². The van der Waals surface area contributed by atoms with E-state index in [0.717, 1.165) is 30.4 Å². The molecule has 162 valence electrons. The molecular weight excluding hydrogens is 402 g/mol. The summed E-state index contributed by atoms with van der Waals surface area (Å²) in [5.74, 6) is -0.836. The minimum Gasteiger partial charge on any atom is -0.502 e. The van der Waals surface area contributed by atoms with Crippen LogP contribution in [0.25, 0.3) is 0 Å². The molecule has 32 heavy (non-hydrogen) atoms. The maximum atomic E-state index is 13.3. The zero-order valence-corrected chi connectivity index (χ0v) is 17.7. The van der Waals surface area contributed by atoms with E-state index in [9.17, 15) is 14.7 Å². The molecule has 2 aromatic carbocycles. The first kappa shape index (κ1) is 20.1. The molecule has 2 aliphatic rings. The number of rotatable bonds is 1. The first-order valence-electron chi connectivity index (χ1n) is 10.9. The van der Waals surface area contributed by atoms with Gasteiger partial charge in [0.25, 0.3) is 5.91 Å². The van der Waals surface area contributed by atoms with Crippen molar-refractivity contribution in [1.29, 1.82) is 0 Å². The third-order valence-electron chi connectivity index (χ3n) is 6.21. The summed E-state index contributed by atoms with van der Waals surface area (Å²) in [4.78, 5) is 27.2. The molecule has 0 fully saturated rings. The van der Waals surface area contributed by atoms with E-state index in [1.54, 1.807) is 15.8 Å². The van der Waals surface area contributed by atoms with Gasteiger partial charge in [-0.1, -0.05) is 66.7 Å². The Morgan fingerprint density at radius 1 is 0.875 bits per heavy atom. The molecule has 3 heterocycles. The van der Waals surface area contributed by atoms with E-state index in [4.69, 9.17) is 0 Å². The van der Waals surface area contributed by atoms with Crippen molar-refractivity contribution < 1.29 is 9.90 Å².